The fraction of sp³-hybridized carbons (Fsp3) is 0.469. The highest BCUT2D eigenvalue weighted by Gasteiger charge is 2.37. The summed E-state index contributed by atoms with van der Waals surface area (Å²) in [5.41, 5.74) is 1.13. The van der Waals surface area contributed by atoms with E-state index in [9.17, 15) is 14.7 Å². The number of carbonyl (C=O) groups is 2. The smallest absolute Gasteiger partial charge is 0.329 e. The number of aliphatic carboxylic acids is 1. The van der Waals surface area contributed by atoms with Gasteiger partial charge in [-0.05, 0) is 71.9 Å². The quantitative estimate of drug-likeness (QED) is 0.309. The number of hydrogen-bond acceptors (Lipinski definition) is 4. The average Bonchev–Trinajstić information content (AvgIpc) is 3.40. The van der Waals surface area contributed by atoms with Gasteiger partial charge in [0, 0.05) is 11.1 Å². The van der Waals surface area contributed by atoms with Crippen molar-refractivity contribution in [3.8, 4) is 11.5 Å². The summed E-state index contributed by atoms with van der Waals surface area (Å²) in [5, 5.41) is 14.4. The van der Waals surface area contributed by atoms with Crippen LogP contribution < -0.4 is 10.1 Å². The number of fused-ring (bicyclic) bond motifs is 1. The molecule has 6 nitrogen and oxygen atoms in total. The monoisotopic (exact) mass is 516 g/mol. The van der Waals surface area contributed by atoms with Gasteiger partial charge in [-0.25, -0.2) is 9.78 Å². The maximum atomic E-state index is 13.3. The number of rotatable bonds is 9. The predicted molar refractivity (Wildman–Crippen MR) is 151 cm³/mol. The molecule has 1 heterocycles. The van der Waals surface area contributed by atoms with Crippen LogP contribution in [0.25, 0.3) is 10.8 Å². The average molecular weight is 517 g/mol. The van der Waals surface area contributed by atoms with Gasteiger partial charge in [0.2, 0.25) is 0 Å². The number of nitrogens with one attached hydrogen (secondary N) is 1. The largest absolute Gasteiger partial charge is 0.480 e. The zero-order chi connectivity index (χ0) is 27.5. The van der Waals surface area contributed by atoms with Crippen LogP contribution in [0.4, 0.5) is 0 Å². The Hall–Kier alpha value is -3.41. The lowest BCUT2D eigenvalue weighted by atomic mass is 9.87. The third-order valence-corrected chi connectivity index (χ3v) is 8.00. The third-order valence-electron chi connectivity index (χ3n) is 8.00. The van der Waals surface area contributed by atoms with E-state index >= 15 is 0 Å². The van der Waals surface area contributed by atoms with Crippen LogP contribution in [0.3, 0.4) is 0 Å². The second kappa shape index (κ2) is 11.1. The molecular weight excluding hydrogens is 476 g/mol. The SMILES string of the molecule is CCC(CC)(NC(=O)c1cc2ccc(Oc3ccc(C(C)(C)C)cc3)cc2c(CC2CCCC2)n1)C(=O)O. The first kappa shape index (κ1) is 27.6. The Morgan fingerprint density at radius 1 is 0.974 bits per heavy atom. The molecule has 0 saturated heterocycles. The molecule has 0 spiro atoms. The maximum absolute atomic E-state index is 13.3. The summed E-state index contributed by atoms with van der Waals surface area (Å²) in [7, 11) is 0. The van der Waals surface area contributed by atoms with Crippen LogP contribution in [0.5, 0.6) is 11.5 Å². The van der Waals surface area contributed by atoms with Gasteiger partial charge in [0.15, 0.2) is 0 Å². The Kier molecular flexibility index (Phi) is 8.10. The summed E-state index contributed by atoms with van der Waals surface area (Å²) in [4.78, 5) is 30.0. The molecule has 1 amide bonds. The second-order valence-corrected chi connectivity index (χ2v) is 11.6. The Morgan fingerprint density at radius 3 is 2.18 bits per heavy atom. The van der Waals surface area contributed by atoms with E-state index in [0.717, 1.165) is 47.2 Å². The Labute approximate surface area is 225 Å². The molecule has 3 aromatic rings. The van der Waals surface area contributed by atoms with Crippen molar-refractivity contribution in [2.45, 2.75) is 90.5 Å². The molecule has 0 aliphatic heterocycles. The lowest BCUT2D eigenvalue weighted by molar-refractivity contribution is -0.144. The molecule has 0 atom stereocenters. The molecule has 4 rings (SSSR count). The first-order valence-electron chi connectivity index (χ1n) is 13.8. The topological polar surface area (TPSA) is 88.5 Å². The zero-order valence-corrected chi connectivity index (χ0v) is 23.3. The van der Waals surface area contributed by atoms with Crippen LogP contribution in [-0.4, -0.2) is 27.5 Å². The highest BCUT2D eigenvalue weighted by atomic mass is 16.5. The van der Waals surface area contributed by atoms with Crippen molar-refractivity contribution in [1.82, 2.24) is 10.3 Å². The lowest BCUT2D eigenvalue weighted by Crippen LogP contribution is -2.53. The molecule has 1 fully saturated rings. The predicted octanol–water partition coefficient (Wildman–Crippen LogP) is 7.43. The minimum absolute atomic E-state index is 0.0741. The van der Waals surface area contributed by atoms with E-state index in [1.807, 2.05) is 30.3 Å². The van der Waals surface area contributed by atoms with Gasteiger partial charge in [-0.1, -0.05) is 78.5 Å². The summed E-state index contributed by atoms with van der Waals surface area (Å²) in [6.07, 6.45) is 6.13. The van der Waals surface area contributed by atoms with Gasteiger partial charge in [0.05, 0.1) is 0 Å². The molecule has 202 valence electrons. The molecule has 0 unspecified atom stereocenters. The summed E-state index contributed by atoms with van der Waals surface area (Å²) in [6, 6.07) is 15.8. The molecule has 38 heavy (non-hydrogen) atoms. The van der Waals surface area contributed by atoms with Crippen molar-refractivity contribution < 1.29 is 19.4 Å². The van der Waals surface area contributed by atoms with Gasteiger partial charge in [-0.15, -0.1) is 0 Å². The van der Waals surface area contributed by atoms with E-state index < -0.39 is 17.4 Å². The third kappa shape index (κ3) is 6.01. The van der Waals surface area contributed by atoms with Gasteiger partial charge < -0.3 is 15.2 Å². The number of carbonyl (C=O) groups excluding carboxylic acids is 1. The molecule has 0 radical (unpaired) electrons. The molecule has 1 aromatic heterocycles. The van der Waals surface area contributed by atoms with Gasteiger partial charge in [0.25, 0.3) is 5.91 Å². The normalized spacial score (nSPS) is 14.6. The molecule has 0 bridgehead atoms. The van der Waals surface area contributed by atoms with Crippen LogP contribution >= 0.6 is 0 Å². The highest BCUT2D eigenvalue weighted by Crippen LogP contribution is 2.33. The lowest BCUT2D eigenvalue weighted by Gasteiger charge is -2.28. The first-order chi connectivity index (χ1) is 18.0. The number of nitrogens with zero attached hydrogens (tertiary/aromatic N) is 1. The number of carboxylic acid groups (broad SMARTS) is 1. The molecule has 1 aliphatic rings. The number of aromatic nitrogens is 1. The van der Waals surface area contributed by atoms with Gasteiger partial charge in [-0.2, -0.15) is 0 Å². The summed E-state index contributed by atoms with van der Waals surface area (Å²) in [6.45, 7) is 10.1. The number of ether oxygens (including phenoxy) is 1. The number of carboxylic acids is 1. The van der Waals surface area contributed by atoms with E-state index in [0.29, 0.717) is 18.8 Å². The molecule has 1 aliphatic carbocycles. The van der Waals surface area contributed by atoms with Crippen molar-refractivity contribution in [3.63, 3.8) is 0 Å². The van der Waals surface area contributed by atoms with E-state index in [-0.39, 0.29) is 11.1 Å². The van der Waals surface area contributed by atoms with Crippen molar-refractivity contribution >= 4 is 22.6 Å². The van der Waals surface area contributed by atoms with Crippen LogP contribution in [0.2, 0.25) is 0 Å². The van der Waals surface area contributed by atoms with E-state index in [1.165, 1.54) is 18.4 Å². The standard InChI is InChI=1S/C32H40N2O4/c1-6-32(7-2,30(36)37)34-29(35)28-19-22-12-15-25(38-24-16-13-23(14-17-24)31(3,4)5)20-26(22)27(33-28)18-21-10-8-9-11-21/h12-17,19-21H,6-11,18H2,1-5H3,(H,34,35)(H,36,37). The highest BCUT2D eigenvalue weighted by molar-refractivity contribution is 6.00. The van der Waals surface area contributed by atoms with E-state index in [4.69, 9.17) is 9.72 Å². The number of hydrogen-bond donors (Lipinski definition) is 2. The van der Waals surface area contributed by atoms with E-state index in [2.05, 4.69) is 38.2 Å². The second-order valence-electron chi connectivity index (χ2n) is 11.6. The Balaban J connectivity index is 1.68. The molecule has 6 heteroatoms. The summed E-state index contributed by atoms with van der Waals surface area (Å²) in [5.74, 6) is 0.533. The fourth-order valence-corrected chi connectivity index (χ4v) is 5.34. The molecule has 1 saturated carbocycles. The van der Waals surface area contributed by atoms with Crippen molar-refractivity contribution in [2.24, 2.45) is 5.92 Å². The zero-order valence-electron chi connectivity index (χ0n) is 23.3. The summed E-state index contributed by atoms with van der Waals surface area (Å²) >= 11 is 0. The minimum Gasteiger partial charge on any atom is -0.480 e. The van der Waals surface area contributed by atoms with Crippen molar-refractivity contribution in [3.05, 3.63) is 65.5 Å². The fourth-order valence-electron chi connectivity index (χ4n) is 5.34. The van der Waals surface area contributed by atoms with Gasteiger partial charge in [0.1, 0.15) is 22.7 Å². The number of benzene rings is 2. The Morgan fingerprint density at radius 2 is 1.61 bits per heavy atom. The van der Waals surface area contributed by atoms with Crippen molar-refractivity contribution in [2.75, 3.05) is 0 Å². The van der Waals surface area contributed by atoms with E-state index in [1.54, 1.807) is 19.9 Å². The van der Waals surface area contributed by atoms with Crippen molar-refractivity contribution in [1.29, 1.82) is 0 Å². The first-order valence-corrected chi connectivity index (χ1v) is 13.8. The number of amides is 1. The van der Waals surface area contributed by atoms with Crippen LogP contribution in [0.15, 0.2) is 48.5 Å². The van der Waals surface area contributed by atoms with Gasteiger partial charge in [-0.3, -0.25) is 4.79 Å². The Bertz CT molecular complexity index is 1300. The molecule has 2 N–H and O–H groups in total. The van der Waals surface area contributed by atoms with Crippen LogP contribution in [0, 0.1) is 5.92 Å². The number of pyridine rings is 1. The maximum Gasteiger partial charge on any atom is 0.329 e. The van der Waals surface area contributed by atoms with Crippen LogP contribution in [-0.2, 0) is 16.6 Å². The minimum atomic E-state index is -1.31. The molecule has 2 aromatic carbocycles. The van der Waals surface area contributed by atoms with Crippen LogP contribution in [0.1, 0.15) is 94.9 Å². The van der Waals surface area contributed by atoms with Gasteiger partial charge >= 0.3 is 5.97 Å². The summed E-state index contributed by atoms with van der Waals surface area (Å²) < 4.78 is 6.21. The molecular formula is C32H40N2O4.